The maximum atomic E-state index is 11.9. The molecular weight excluding hydrogens is 276 g/mol. The molecule has 0 heterocycles. The number of carbonyl (C=O) groups is 2. The molecule has 0 aromatic carbocycles. The van der Waals surface area contributed by atoms with Gasteiger partial charge in [0, 0.05) is 12.8 Å². The molecule has 4 saturated carbocycles. The van der Waals surface area contributed by atoms with Crippen LogP contribution in [0.2, 0.25) is 0 Å². The molecular formula is C15H22O6. The van der Waals surface area contributed by atoms with Gasteiger partial charge in [-0.05, 0) is 25.2 Å². The van der Waals surface area contributed by atoms with Crippen LogP contribution >= 0.6 is 0 Å². The van der Waals surface area contributed by atoms with Gasteiger partial charge in [-0.1, -0.05) is 13.8 Å². The van der Waals surface area contributed by atoms with E-state index >= 15 is 0 Å². The standard InChI is InChI=1S/C15H22O6/c1-9(2)12(17)20-6-11(16)21-15-5-10-3-13(18,8-15)7-14(15,19)4-10/h9-10,18-19H,3-8H2,1-2H3. The minimum absolute atomic E-state index is 0.188. The Labute approximate surface area is 123 Å². The minimum Gasteiger partial charge on any atom is -0.453 e. The van der Waals surface area contributed by atoms with Crippen molar-refractivity contribution < 1.29 is 29.3 Å². The summed E-state index contributed by atoms with van der Waals surface area (Å²) >= 11 is 0. The second kappa shape index (κ2) is 4.43. The largest absolute Gasteiger partial charge is 0.453 e. The fourth-order valence-corrected chi connectivity index (χ4v) is 4.54. The van der Waals surface area contributed by atoms with Crippen LogP contribution < -0.4 is 0 Å². The number of esters is 2. The quantitative estimate of drug-likeness (QED) is 0.736. The number of rotatable bonds is 4. The van der Waals surface area contributed by atoms with Crippen molar-refractivity contribution in [3.8, 4) is 0 Å². The van der Waals surface area contributed by atoms with Gasteiger partial charge in [-0.2, -0.15) is 0 Å². The molecule has 21 heavy (non-hydrogen) atoms. The average Bonchev–Trinajstić information content (AvgIpc) is 2.60. The Hall–Kier alpha value is -1.14. The molecule has 2 N–H and O–H groups in total. The summed E-state index contributed by atoms with van der Waals surface area (Å²) in [5.41, 5.74) is -3.07. The van der Waals surface area contributed by atoms with Gasteiger partial charge in [-0.3, -0.25) is 4.79 Å². The molecule has 6 nitrogen and oxygen atoms in total. The molecule has 0 spiro atoms. The van der Waals surface area contributed by atoms with E-state index in [0.29, 0.717) is 19.3 Å². The lowest BCUT2D eigenvalue weighted by atomic mass is 9.77. The second-order valence-electron chi connectivity index (χ2n) is 7.32. The van der Waals surface area contributed by atoms with Gasteiger partial charge in [0.1, 0.15) is 11.2 Å². The lowest BCUT2D eigenvalue weighted by molar-refractivity contribution is -0.188. The van der Waals surface area contributed by atoms with E-state index in [0.717, 1.165) is 0 Å². The van der Waals surface area contributed by atoms with E-state index in [1.165, 1.54) is 0 Å². The van der Waals surface area contributed by atoms with Gasteiger partial charge < -0.3 is 19.7 Å². The summed E-state index contributed by atoms with van der Waals surface area (Å²) in [6.45, 7) is 2.92. The van der Waals surface area contributed by atoms with Crippen LogP contribution in [0.5, 0.6) is 0 Å². The molecule has 6 heteroatoms. The lowest BCUT2D eigenvalue weighted by Gasteiger charge is -2.36. The van der Waals surface area contributed by atoms with Crippen LogP contribution in [0.15, 0.2) is 0 Å². The minimum atomic E-state index is -1.14. The Balaban J connectivity index is 1.65. The number of aliphatic hydroxyl groups is 2. The molecule has 4 fully saturated rings. The van der Waals surface area contributed by atoms with Crippen molar-refractivity contribution in [1.29, 1.82) is 0 Å². The van der Waals surface area contributed by atoms with Crippen molar-refractivity contribution in [1.82, 2.24) is 0 Å². The molecule has 118 valence electrons. The lowest BCUT2D eigenvalue weighted by Crippen LogP contribution is -2.49. The summed E-state index contributed by atoms with van der Waals surface area (Å²) in [6, 6.07) is 0. The molecule has 4 unspecified atom stereocenters. The van der Waals surface area contributed by atoms with E-state index in [1.807, 2.05) is 0 Å². The zero-order valence-electron chi connectivity index (χ0n) is 12.4. The molecule has 4 aliphatic rings. The van der Waals surface area contributed by atoms with Gasteiger partial charge in [0.2, 0.25) is 0 Å². The Morgan fingerprint density at radius 3 is 2.52 bits per heavy atom. The van der Waals surface area contributed by atoms with Crippen molar-refractivity contribution in [3.63, 3.8) is 0 Å². The summed E-state index contributed by atoms with van der Waals surface area (Å²) in [7, 11) is 0. The third-order valence-corrected chi connectivity index (χ3v) is 5.11. The molecule has 4 aliphatic carbocycles. The number of hydrogen-bond donors (Lipinski definition) is 2. The van der Waals surface area contributed by atoms with E-state index in [2.05, 4.69) is 0 Å². The zero-order chi connectivity index (χ0) is 15.5. The van der Waals surface area contributed by atoms with E-state index < -0.39 is 35.3 Å². The first-order valence-electron chi connectivity index (χ1n) is 7.50. The normalized spacial score (nSPS) is 43.4. The predicted molar refractivity (Wildman–Crippen MR) is 71.1 cm³/mol. The van der Waals surface area contributed by atoms with Crippen molar-refractivity contribution in [2.75, 3.05) is 6.61 Å². The van der Waals surface area contributed by atoms with Crippen molar-refractivity contribution in [2.45, 2.75) is 62.8 Å². The maximum Gasteiger partial charge on any atom is 0.344 e. The highest BCUT2D eigenvalue weighted by Gasteiger charge is 2.73. The molecule has 0 radical (unpaired) electrons. The highest BCUT2D eigenvalue weighted by Crippen LogP contribution is 2.65. The Morgan fingerprint density at radius 2 is 1.90 bits per heavy atom. The molecule has 0 aromatic rings. The summed E-state index contributed by atoms with van der Waals surface area (Å²) in [5.74, 6) is -1.24. The van der Waals surface area contributed by atoms with Crippen LogP contribution in [0.4, 0.5) is 0 Å². The van der Waals surface area contributed by atoms with Crippen LogP contribution in [0.1, 0.15) is 46.0 Å². The summed E-state index contributed by atoms with van der Waals surface area (Å²) in [4.78, 5) is 23.3. The molecule has 0 saturated heterocycles. The van der Waals surface area contributed by atoms with Crippen molar-refractivity contribution >= 4 is 11.9 Å². The fourth-order valence-electron chi connectivity index (χ4n) is 4.54. The predicted octanol–water partition coefficient (Wildman–Crippen LogP) is 0.537. The van der Waals surface area contributed by atoms with E-state index in [1.54, 1.807) is 13.8 Å². The Morgan fingerprint density at radius 1 is 1.19 bits per heavy atom. The molecule has 0 aromatic heterocycles. The first kappa shape index (κ1) is 14.8. The van der Waals surface area contributed by atoms with Gasteiger partial charge in [0.05, 0.1) is 11.5 Å². The van der Waals surface area contributed by atoms with Crippen molar-refractivity contribution in [2.24, 2.45) is 11.8 Å². The molecule has 4 rings (SSSR count). The van der Waals surface area contributed by atoms with Gasteiger partial charge in [-0.15, -0.1) is 0 Å². The SMILES string of the molecule is CC(C)C(=O)OCC(=O)OC12CC3CC(O)(CC1(O)C3)C2. The molecule has 4 atom stereocenters. The molecule has 0 aliphatic heterocycles. The van der Waals surface area contributed by atoms with Gasteiger partial charge >= 0.3 is 11.9 Å². The summed E-state index contributed by atoms with van der Waals surface area (Å²) < 4.78 is 10.4. The van der Waals surface area contributed by atoms with E-state index in [4.69, 9.17) is 9.47 Å². The zero-order valence-corrected chi connectivity index (χ0v) is 12.4. The fraction of sp³-hybridized carbons (Fsp3) is 0.867. The second-order valence-corrected chi connectivity index (χ2v) is 7.32. The Bertz CT molecular complexity index is 489. The van der Waals surface area contributed by atoms with Gasteiger partial charge in [0.25, 0.3) is 0 Å². The third-order valence-electron chi connectivity index (χ3n) is 5.11. The van der Waals surface area contributed by atoms with Gasteiger partial charge in [0.15, 0.2) is 6.61 Å². The maximum absolute atomic E-state index is 11.9. The topological polar surface area (TPSA) is 93.1 Å². The van der Waals surface area contributed by atoms with E-state index in [-0.39, 0.29) is 24.7 Å². The smallest absolute Gasteiger partial charge is 0.344 e. The first-order valence-corrected chi connectivity index (χ1v) is 7.50. The van der Waals surface area contributed by atoms with Crippen LogP contribution in [0.25, 0.3) is 0 Å². The highest BCUT2D eigenvalue weighted by atomic mass is 16.6. The number of hydrogen-bond acceptors (Lipinski definition) is 6. The first-order chi connectivity index (χ1) is 9.67. The number of carbonyl (C=O) groups excluding carboxylic acids is 2. The van der Waals surface area contributed by atoms with Crippen LogP contribution in [-0.2, 0) is 19.1 Å². The Kier molecular flexibility index (Phi) is 3.12. The average molecular weight is 298 g/mol. The summed E-state index contributed by atoms with van der Waals surface area (Å²) in [6.07, 6.45) is 2.34. The van der Waals surface area contributed by atoms with Gasteiger partial charge in [-0.25, -0.2) is 4.79 Å². The van der Waals surface area contributed by atoms with Crippen LogP contribution in [0.3, 0.4) is 0 Å². The molecule has 4 bridgehead atoms. The van der Waals surface area contributed by atoms with Crippen LogP contribution in [-0.4, -0.2) is 45.6 Å². The van der Waals surface area contributed by atoms with Crippen LogP contribution in [0, 0.1) is 11.8 Å². The monoisotopic (exact) mass is 298 g/mol. The van der Waals surface area contributed by atoms with E-state index in [9.17, 15) is 19.8 Å². The molecule has 0 amide bonds. The summed E-state index contributed by atoms with van der Waals surface area (Å²) in [5, 5.41) is 21.1. The third kappa shape index (κ3) is 2.25. The number of ether oxygens (including phenoxy) is 2. The van der Waals surface area contributed by atoms with Crippen molar-refractivity contribution in [3.05, 3.63) is 0 Å². The highest BCUT2D eigenvalue weighted by molar-refractivity contribution is 5.77.